The zero-order valence-electron chi connectivity index (χ0n) is 11.2. The highest BCUT2D eigenvalue weighted by atomic mass is 19.1. The molecule has 4 heteroatoms. The van der Waals surface area contributed by atoms with Crippen LogP contribution < -0.4 is 4.90 Å². The average Bonchev–Trinajstić information content (AvgIpc) is 2.41. The zero-order valence-corrected chi connectivity index (χ0v) is 11.2. The van der Waals surface area contributed by atoms with E-state index in [1.54, 1.807) is 17.0 Å². The summed E-state index contributed by atoms with van der Waals surface area (Å²) in [6, 6.07) is 13.7. The first kappa shape index (κ1) is 14.1. The third-order valence-electron chi connectivity index (χ3n) is 3.14. The van der Waals surface area contributed by atoms with E-state index in [4.69, 9.17) is 5.11 Å². The maximum atomic E-state index is 13.0. The van der Waals surface area contributed by atoms with Gasteiger partial charge in [-0.1, -0.05) is 24.3 Å². The summed E-state index contributed by atoms with van der Waals surface area (Å²) in [6.45, 7) is 2.34. The van der Waals surface area contributed by atoms with Crippen molar-refractivity contribution in [2.75, 3.05) is 11.4 Å². The van der Waals surface area contributed by atoms with Crippen LogP contribution in [-0.4, -0.2) is 17.6 Å². The highest BCUT2D eigenvalue weighted by Gasteiger charge is 2.12. The Balaban J connectivity index is 2.26. The molecule has 0 saturated heterocycles. The summed E-state index contributed by atoms with van der Waals surface area (Å²) < 4.78 is 13.0. The van der Waals surface area contributed by atoms with Crippen molar-refractivity contribution in [3.63, 3.8) is 0 Å². The van der Waals surface area contributed by atoms with Gasteiger partial charge in [-0.2, -0.15) is 0 Å². The van der Waals surface area contributed by atoms with Gasteiger partial charge in [-0.05, 0) is 42.3 Å². The summed E-state index contributed by atoms with van der Waals surface area (Å²) in [4.78, 5) is 12.7. The topological polar surface area (TPSA) is 40.5 Å². The molecule has 0 atom stereocenters. The van der Waals surface area contributed by atoms with E-state index >= 15 is 0 Å². The fourth-order valence-electron chi connectivity index (χ4n) is 2.05. The molecule has 2 aromatic carbocycles. The quantitative estimate of drug-likeness (QED) is 0.909. The summed E-state index contributed by atoms with van der Waals surface area (Å²) in [5.74, 6) is -1.25. The van der Waals surface area contributed by atoms with Crippen LogP contribution in [0.5, 0.6) is 0 Å². The summed E-state index contributed by atoms with van der Waals surface area (Å²) in [7, 11) is 0. The Hall–Kier alpha value is -2.36. The van der Waals surface area contributed by atoms with Crippen molar-refractivity contribution in [3.8, 4) is 0 Å². The summed E-state index contributed by atoms with van der Waals surface area (Å²) in [5, 5.41) is 9.03. The number of carbonyl (C=O) groups is 1. The molecule has 0 aliphatic carbocycles. The second kappa shape index (κ2) is 6.19. The van der Waals surface area contributed by atoms with Gasteiger partial charge < -0.3 is 10.0 Å². The van der Waals surface area contributed by atoms with Gasteiger partial charge in [0, 0.05) is 12.2 Å². The number of benzene rings is 2. The molecular weight excluding hydrogens is 257 g/mol. The minimum absolute atomic E-state index is 0.125. The number of hydrogen-bond acceptors (Lipinski definition) is 2. The molecule has 0 aromatic heterocycles. The molecule has 20 heavy (non-hydrogen) atoms. The number of halogens is 1. The molecule has 0 unspecified atom stereocenters. The van der Waals surface area contributed by atoms with E-state index in [1.165, 1.54) is 12.1 Å². The number of nitrogens with zero attached hydrogens (tertiary/aromatic N) is 1. The largest absolute Gasteiger partial charge is 0.480 e. The fourth-order valence-corrected chi connectivity index (χ4v) is 2.05. The molecule has 3 nitrogen and oxygen atoms in total. The van der Waals surface area contributed by atoms with Crippen molar-refractivity contribution in [3.05, 3.63) is 65.5 Å². The number of aryl methyl sites for hydroxylation is 1. The Morgan fingerprint density at radius 2 is 1.80 bits per heavy atom. The first-order valence-corrected chi connectivity index (χ1v) is 6.33. The third kappa shape index (κ3) is 3.57. The molecule has 0 aliphatic heterocycles. The highest BCUT2D eigenvalue weighted by molar-refractivity contribution is 5.73. The molecule has 104 valence electrons. The standard InChI is InChI=1S/C16H16FNO2/c1-12-4-2-3-5-13(12)10-18(11-16(19)20)15-8-6-14(17)7-9-15/h2-9H,10-11H2,1H3,(H,19,20). The lowest BCUT2D eigenvalue weighted by molar-refractivity contribution is -0.135. The monoisotopic (exact) mass is 273 g/mol. The van der Waals surface area contributed by atoms with Crippen LogP contribution in [0, 0.1) is 12.7 Å². The van der Waals surface area contributed by atoms with Gasteiger partial charge in [0.1, 0.15) is 12.4 Å². The molecule has 0 spiro atoms. The first-order valence-electron chi connectivity index (χ1n) is 6.33. The maximum Gasteiger partial charge on any atom is 0.323 e. The van der Waals surface area contributed by atoms with Crippen LogP contribution in [0.2, 0.25) is 0 Å². The Kier molecular flexibility index (Phi) is 4.35. The normalized spacial score (nSPS) is 10.3. The van der Waals surface area contributed by atoms with Crippen LogP contribution in [0.1, 0.15) is 11.1 Å². The van der Waals surface area contributed by atoms with Crippen LogP contribution in [-0.2, 0) is 11.3 Å². The van der Waals surface area contributed by atoms with Crippen molar-refractivity contribution in [1.82, 2.24) is 0 Å². The van der Waals surface area contributed by atoms with Crippen LogP contribution in [0.3, 0.4) is 0 Å². The smallest absolute Gasteiger partial charge is 0.323 e. The van der Waals surface area contributed by atoms with Gasteiger partial charge in [-0.15, -0.1) is 0 Å². The van der Waals surface area contributed by atoms with Crippen LogP contribution in [0.15, 0.2) is 48.5 Å². The van der Waals surface area contributed by atoms with Gasteiger partial charge in [0.25, 0.3) is 0 Å². The van der Waals surface area contributed by atoms with Gasteiger partial charge in [-0.3, -0.25) is 4.79 Å². The van der Waals surface area contributed by atoms with Crippen LogP contribution >= 0.6 is 0 Å². The number of carboxylic acid groups (broad SMARTS) is 1. The SMILES string of the molecule is Cc1ccccc1CN(CC(=O)O)c1ccc(F)cc1. The highest BCUT2D eigenvalue weighted by Crippen LogP contribution is 2.19. The van der Waals surface area contributed by atoms with Gasteiger partial charge in [0.2, 0.25) is 0 Å². The Labute approximate surface area is 117 Å². The predicted molar refractivity (Wildman–Crippen MR) is 76.3 cm³/mol. The van der Waals surface area contributed by atoms with E-state index in [-0.39, 0.29) is 12.4 Å². The predicted octanol–water partition coefficient (Wildman–Crippen LogP) is 3.23. The van der Waals surface area contributed by atoms with E-state index in [0.717, 1.165) is 11.1 Å². The molecule has 1 N–H and O–H groups in total. The Morgan fingerprint density at radius 1 is 1.15 bits per heavy atom. The number of hydrogen-bond donors (Lipinski definition) is 1. The minimum Gasteiger partial charge on any atom is -0.480 e. The van der Waals surface area contributed by atoms with Crippen LogP contribution in [0.25, 0.3) is 0 Å². The van der Waals surface area contributed by atoms with E-state index in [1.807, 2.05) is 31.2 Å². The van der Waals surface area contributed by atoms with E-state index in [2.05, 4.69) is 0 Å². The van der Waals surface area contributed by atoms with Gasteiger partial charge in [0.05, 0.1) is 0 Å². The summed E-state index contributed by atoms with van der Waals surface area (Å²) >= 11 is 0. The maximum absolute atomic E-state index is 13.0. The second-order valence-electron chi connectivity index (χ2n) is 4.65. The third-order valence-corrected chi connectivity index (χ3v) is 3.14. The van der Waals surface area contributed by atoms with Gasteiger partial charge >= 0.3 is 5.97 Å². The zero-order chi connectivity index (χ0) is 14.5. The minimum atomic E-state index is -0.914. The van der Waals surface area contributed by atoms with Crippen molar-refractivity contribution in [2.24, 2.45) is 0 Å². The summed E-state index contributed by atoms with van der Waals surface area (Å²) in [6.07, 6.45) is 0. The first-order chi connectivity index (χ1) is 9.56. The molecular formula is C16H16FNO2. The molecule has 0 bridgehead atoms. The van der Waals surface area contributed by atoms with Crippen LogP contribution in [0.4, 0.5) is 10.1 Å². The molecule has 0 fully saturated rings. The molecule has 2 aromatic rings. The molecule has 0 amide bonds. The molecule has 0 radical (unpaired) electrons. The number of rotatable bonds is 5. The van der Waals surface area contributed by atoms with Crippen molar-refractivity contribution < 1.29 is 14.3 Å². The van der Waals surface area contributed by atoms with Crippen molar-refractivity contribution in [2.45, 2.75) is 13.5 Å². The average molecular weight is 273 g/mol. The lowest BCUT2D eigenvalue weighted by Gasteiger charge is -2.23. The van der Waals surface area contributed by atoms with Crippen molar-refractivity contribution >= 4 is 11.7 Å². The van der Waals surface area contributed by atoms with Gasteiger partial charge in [0.15, 0.2) is 0 Å². The molecule has 0 aliphatic rings. The molecule has 0 saturated carbocycles. The van der Waals surface area contributed by atoms with E-state index < -0.39 is 5.97 Å². The molecule has 0 heterocycles. The lowest BCUT2D eigenvalue weighted by atomic mass is 10.1. The number of carboxylic acids is 1. The summed E-state index contributed by atoms with van der Waals surface area (Å²) in [5.41, 5.74) is 2.85. The van der Waals surface area contributed by atoms with E-state index in [9.17, 15) is 9.18 Å². The van der Waals surface area contributed by atoms with E-state index in [0.29, 0.717) is 12.2 Å². The lowest BCUT2D eigenvalue weighted by Crippen LogP contribution is -2.29. The fraction of sp³-hybridized carbons (Fsp3) is 0.188. The number of anilines is 1. The number of aliphatic carboxylic acids is 1. The Bertz CT molecular complexity index is 596. The second-order valence-corrected chi connectivity index (χ2v) is 4.65. The molecule has 2 rings (SSSR count). The van der Waals surface area contributed by atoms with Crippen molar-refractivity contribution in [1.29, 1.82) is 0 Å². The van der Waals surface area contributed by atoms with Gasteiger partial charge in [-0.25, -0.2) is 4.39 Å². The Morgan fingerprint density at radius 3 is 2.40 bits per heavy atom.